The zero-order valence-corrected chi connectivity index (χ0v) is 18.2. The van der Waals surface area contributed by atoms with Crippen molar-refractivity contribution < 1.29 is 4.79 Å². The van der Waals surface area contributed by atoms with E-state index in [1.54, 1.807) is 0 Å². The van der Waals surface area contributed by atoms with Gasteiger partial charge in [-0.15, -0.1) is 0 Å². The molecular weight excluding hydrogens is 376 g/mol. The van der Waals surface area contributed by atoms with E-state index in [0.717, 1.165) is 46.9 Å². The number of hydrogen-bond acceptors (Lipinski definition) is 5. The fourth-order valence-corrected chi connectivity index (χ4v) is 3.54. The molecule has 1 aliphatic carbocycles. The minimum absolute atomic E-state index is 0.0849. The van der Waals surface area contributed by atoms with E-state index in [1.807, 2.05) is 25.5 Å². The Morgan fingerprint density at radius 1 is 1.13 bits per heavy atom. The highest BCUT2D eigenvalue weighted by Crippen LogP contribution is 2.40. The number of anilines is 1. The van der Waals surface area contributed by atoms with Gasteiger partial charge >= 0.3 is 0 Å². The van der Waals surface area contributed by atoms with Gasteiger partial charge in [-0.05, 0) is 44.7 Å². The van der Waals surface area contributed by atoms with Crippen LogP contribution < -0.4 is 10.6 Å². The molecule has 1 saturated carbocycles. The van der Waals surface area contributed by atoms with Gasteiger partial charge in [0.15, 0.2) is 5.65 Å². The van der Waals surface area contributed by atoms with Crippen molar-refractivity contribution in [3.8, 4) is 5.69 Å². The average molecular weight is 407 g/mol. The zero-order chi connectivity index (χ0) is 21.3. The number of aryl methyl sites for hydroxylation is 2. The van der Waals surface area contributed by atoms with Crippen LogP contribution in [0.2, 0.25) is 0 Å². The van der Waals surface area contributed by atoms with Gasteiger partial charge in [0.05, 0.1) is 16.8 Å². The van der Waals surface area contributed by atoms with E-state index in [1.165, 1.54) is 5.56 Å². The van der Waals surface area contributed by atoms with Crippen molar-refractivity contribution in [2.45, 2.75) is 52.9 Å². The Morgan fingerprint density at radius 2 is 1.87 bits per heavy atom. The molecule has 4 rings (SSSR count). The van der Waals surface area contributed by atoms with Gasteiger partial charge < -0.3 is 10.6 Å². The van der Waals surface area contributed by atoms with Crippen LogP contribution in [-0.4, -0.2) is 38.7 Å². The molecule has 1 aromatic carbocycles. The van der Waals surface area contributed by atoms with Gasteiger partial charge in [-0.2, -0.15) is 5.10 Å². The van der Waals surface area contributed by atoms with E-state index < -0.39 is 0 Å². The second-order valence-corrected chi connectivity index (χ2v) is 8.61. The lowest BCUT2D eigenvalue weighted by Crippen LogP contribution is -2.29. The summed E-state index contributed by atoms with van der Waals surface area (Å²) in [6, 6.07) is 8.30. The smallest absolute Gasteiger partial charge is 0.220 e. The summed E-state index contributed by atoms with van der Waals surface area (Å²) in [5.41, 5.74) is 3.92. The summed E-state index contributed by atoms with van der Waals surface area (Å²) < 4.78 is 1.91. The fraction of sp³-hybridized carbons (Fsp3) is 0.478. The lowest BCUT2D eigenvalue weighted by Gasteiger charge is -2.11. The van der Waals surface area contributed by atoms with E-state index in [9.17, 15) is 4.79 Å². The highest BCUT2D eigenvalue weighted by atomic mass is 16.1. The minimum atomic E-state index is 0.0849. The molecular formula is C23H30N6O. The number of carbonyl (C=O) groups excluding carboxylic acids is 1. The molecule has 0 spiro atoms. The van der Waals surface area contributed by atoms with E-state index in [4.69, 9.17) is 15.1 Å². The van der Waals surface area contributed by atoms with Crippen LogP contribution in [0.4, 0.5) is 5.82 Å². The molecule has 2 N–H and O–H groups in total. The van der Waals surface area contributed by atoms with Gasteiger partial charge in [0.1, 0.15) is 11.6 Å². The molecule has 2 aromatic heterocycles. The van der Waals surface area contributed by atoms with Crippen LogP contribution in [0.5, 0.6) is 0 Å². The average Bonchev–Trinajstić information content (AvgIpc) is 3.49. The van der Waals surface area contributed by atoms with Crippen molar-refractivity contribution in [2.24, 2.45) is 5.92 Å². The minimum Gasteiger partial charge on any atom is -0.368 e. The van der Waals surface area contributed by atoms with Crippen molar-refractivity contribution in [3.05, 3.63) is 41.3 Å². The number of benzene rings is 1. The third kappa shape index (κ3) is 4.45. The summed E-state index contributed by atoms with van der Waals surface area (Å²) in [5, 5.41) is 12.1. The van der Waals surface area contributed by atoms with E-state index >= 15 is 0 Å². The molecule has 0 atom stereocenters. The summed E-state index contributed by atoms with van der Waals surface area (Å²) in [7, 11) is 0. The number of carbonyl (C=O) groups is 1. The summed E-state index contributed by atoms with van der Waals surface area (Å²) in [4.78, 5) is 21.6. The second-order valence-electron chi connectivity index (χ2n) is 8.61. The summed E-state index contributed by atoms with van der Waals surface area (Å²) >= 11 is 0. The van der Waals surface area contributed by atoms with Crippen molar-refractivity contribution in [1.29, 1.82) is 0 Å². The number of fused-ring (bicyclic) bond motifs is 1. The van der Waals surface area contributed by atoms with Gasteiger partial charge in [0.2, 0.25) is 5.91 Å². The molecule has 0 saturated heterocycles. The van der Waals surface area contributed by atoms with Gasteiger partial charge in [-0.3, -0.25) is 4.79 Å². The van der Waals surface area contributed by atoms with Crippen LogP contribution in [0, 0.1) is 19.8 Å². The predicted octanol–water partition coefficient (Wildman–Crippen LogP) is 3.88. The Labute approximate surface area is 177 Å². The molecule has 158 valence electrons. The molecule has 1 amide bonds. The van der Waals surface area contributed by atoms with E-state index in [2.05, 4.69) is 41.8 Å². The Morgan fingerprint density at radius 3 is 2.53 bits per heavy atom. The van der Waals surface area contributed by atoms with Crippen LogP contribution >= 0.6 is 0 Å². The summed E-state index contributed by atoms with van der Waals surface area (Å²) in [6.45, 7) is 9.32. The standard InChI is InChI=1S/C23H30N6O/c1-14(2)13-19(30)24-11-12-25-22-20-16(4)28-29(18-9-5-15(3)6-10-18)23(20)27-21(26-22)17-7-8-17/h5-6,9-10,14,17H,7-8,11-13H2,1-4H3,(H,24,30)(H,25,26,27). The first-order valence-electron chi connectivity index (χ1n) is 10.8. The van der Waals surface area contributed by atoms with Crippen LogP contribution in [0.15, 0.2) is 24.3 Å². The van der Waals surface area contributed by atoms with Crippen molar-refractivity contribution in [1.82, 2.24) is 25.1 Å². The number of rotatable bonds is 8. The molecule has 0 aliphatic heterocycles. The lowest BCUT2D eigenvalue weighted by molar-refractivity contribution is -0.121. The third-order valence-electron chi connectivity index (χ3n) is 5.27. The van der Waals surface area contributed by atoms with E-state index in [-0.39, 0.29) is 5.91 Å². The molecule has 0 unspecified atom stereocenters. The quantitative estimate of drug-likeness (QED) is 0.555. The monoisotopic (exact) mass is 406 g/mol. The highest BCUT2D eigenvalue weighted by molar-refractivity contribution is 5.90. The normalized spacial score (nSPS) is 13.8. The van der Waals surface area contributed by atoms with Gasteiger partial charge in [-0.1, -0.05) is 31.5 Å². The van der Waals surface area contributed by atoms with Crippen LogP contribution in [0.25, 0.3) is 16.7 Å². The Balaban J connectivity index is 1.61. The SMILES string of the molecule is Cc1ccc(-n2nc(C)c3c(NCCNC(=O)CC(C)C)nc(C4CC4)nc32)cc1. The maximum atomic E-state index is 11.9. The summed E-state index contributed by atoms with van der Waals surface area (Å²) in [5.74, 6) is 2.55. The Bertz CT molecular complexity index is 1050. The molecule has 0 bridgehead atoms. The number of hydrogen-bond donors (Lipinski definition) is 2. The largest absolute Gasteiger partial charge is 0.368 e. The molecule has 0 radical (unpaired) electrons. The first-order chi connectivity index (χ1) is 14.4. The molecule has 2 heterocycles. The van der Waals surface area contributed by atoms with Gasteiger partial charge in [0, 0.05) is 25.4 Å². The first-order valence-corrected chi connectivity index (χ1v) is 10.8. The second kappa shape index (κ2) is 8.42. The van der Waals surface area contributed by atoms with Crippen LogP contribution in [0.1, 0.15) is 56.1 Å². The molecule has 7 nitrogen and oxygen atoms in total. The van der Waals surface area contributed by atoms with Crippen molar-refractivity contribution in [2.75, 3.05) is 18.4 Å². The Hall–Kier alpha value is -2.96. The maximum absolute atomic E-state index is 11.9. The molecule has 7 heteroatoms. The topological polar surface area (TPSA) is 84.7 Å². The van der Waals surface area contributed by atoms with Crippen molar-refractivity contribution >= 4 is 22.8 Å². The van der Waals surface area contributed by atoms with Crippen molar-refractivity contribution in [3.63, 3.8) is 0 Å². The van der Waals surface area contributed by atoms with Crippen LogP contribution in [-0.2, 0) is 4.79 Å². The summed E-state index contributed by atoms with van der Waals surface area (Å²) in [6.07, 6.45) is 2.81. The zero-order valence-electron chi connectivity index (χ0n) is 18.2. The number of nitrogens with one attached hydrogen (secondary N) is 2. The third-order valence-corrected chi connectivity index (χ3v) is 5.27. The molecule has 1 fully saturated rings. The predicted molar refractivity (Wildman–Crippen MR) is 119 cm³/mol. The van der Waals surface area contributed by atoms with Gasteiger partial charge in [0.25, 0.3) is 0 Å². The Kier molecular flexibility index (Phi) is 5.70. The van der Waals surface area contributed by atoms with E-state index in [0.29, 0.717) is 31.3 Å². The number of amides is 1. The molecule has 30 heavy (non-hydrogen) atoms. The maximum Gasteiger partial charge on any atom is 0.220 e. The highest BCUT2D eigenvalue weighted by Gasteiger charge is 2.29. The van der Waals surface area contributed by atoms with Crippen LogP contribution in [0.3, 0.4) is 0 Å². The first kappa shape index (κ1) is 20.3. The number of aromatic nitrogens is 4. The molecule has 3 aromatic rings. The van der Waals surface area contributed by atoms with Gasteiger partial charge in [-0.25, -0.2) is 14.6 Å². The number of nitrogens with zero attached hydrogens (tertiary/aromatic N) is 4. The molecule has 1 aliphatic rings. The fourth-order valence-electron chi connectivity index (χ4n) is 3.54. The lowest BCUT2D eigenvalue weighted by atomic mass is 10.1.